The first kappa shape index (κ1) is 14.9. The van der Waals surface area contributed by atoms with Crippen LogP contribution in [0.15, 0.2) is 42.6 Å². The van der Waals surface area contributed by atoms with Crippen LogP contribution >= 0.6 is 0 Å². The molecule has 0 unspecified atom stereocenters. The molecule has 124 valence electrons. The molecule has 1 aliphatic rings. The number of ether oxygens (including phenoxy) is 1. The fourth-order valence-electron chi connectivity index (χ4n) is 3.35. The first-order chi connectivity index (χ1) is 11.8. The molecular weight excluding hydrogens is 300 g/mol. The zero-order chi connectivity index (χ0) is 16.5. The van der Waals surface area contributed by atoms with Gasteiger partial charge in [0.05, 0.1) is 12.8 Å². The molecule has 0 aliphatic carbocycles. The lowest BCUT2D eigenvalue weighted by Crippen LogP contribution is -2.29. The monoisotopic (exact) mass is 322 g/mol. The number of aromatic nitrogens is 2. The van der Waals surface area contributed by atoms with Gasteiger partial charge in [0.25, 0.3) is 0 Å². The first-order valence-corrected chi connectivity index (χ1v) is 8.43. The number of hydrogen-bond donors (Lipinski definition) is 1. The van der Waals surface area contributed by atoms with E-state index in [1.54, 1.807) is 7.11 Å². The number of hydrogen-bond acceptors (Lipinski definition) is 4. The lowest BCUT2D eigenvalue weighted by atomic mass is 10.1. The number of rotatable bonds is 3. The summed E-state index contributed by atoms with van der Waals surface area (Å²) in [4.78, 5) is 7.13. The Balaban J connectivity index is 1.73. The number of nitrogens with two attached hydrogens (primary N) is 1. The molecule has 1 aliphatic heterocycles. The Morgan fingerprint density at radius 2 is 1.75 bits per heavy atom. The molecule has 1 aromatic carbocycles. The van der Waals surface area contributed by atoms with Crippen molar-refractivity contribution >= 4 is 17.2 Å². The standard InChI is InChI=1S/C19H22N4O/c1-24-16-8-5-14(6-9-16)18-19(20)23-13-15(7-10-17(23)21-18)22-11-3-2-4-12-22/h5-10,13H,2-4,11-12,20H2,1H3. The van der Waals surface area contributed by atoms with Crippen LogP contribution in [-0.4, -0.2) is 29.6 Å². The van der Waals surface area contributed by atoms with Gasteiger partial charge in [-0.05, 0) is 55.7 Å². The summed E-state index contributed by atoms with van der Waals surface area (Å²) < 4.78 is 7.20. The van der Waals surface area contributed by atoms with Crippen molar-refractivity contribution < 1.29 is 4.74 Å². The van der Waals surface area contributed by atoms with Crippen LogP contribution in [0.2, 0.25) is 0 Å². The first-order valence-electron chi connectivity index (χ1n) is 8.43. The number of nitrogens with zero attached hydrogens (tertiary/aromatic N) is 3. The summed E-state index contributed by atoms with van der Waals surface area (Å²) in [6.45, 7) is 2.23. The van der Waals surface area contributed by atoms with Gasteiger partial charge in [0, 0.05) is 24.8 Å². The van der Waals surface area contributed by atoms with Gasteiger partial charge in [0.2, 0.25) is 0 Å². The topological polar surface area (TPSA) is 55.8 Å². The molecule has 0 amide bonds. The number of anilines is 2. The lowest BCUT2D eigenvalue weighted by Gasteiger charge is -2.28. The molecule has 1 fully saturated rings. The average molecular weight is 322 g/mol. The largest absolute Gasteiger partial charge is 0.497 e. The third-order valence-corrected chi connectivity index (χ3v) is 4.72. The van der Waals surface area contributed by atoms with Gasteiger partial charge in [-0.15, -0.1) is 0 Å². The molecule has 0 bridgehead atoms. The Morgan fingerprint density at radius 1 is 1.00 bits per heavy atom. The maximum Gasteiger partial charge on any atom is 0.139 e. The van der Waals surface area contributed by atoms with E-state index >= 15 is 0 Å². The van der Waals surface area contributed by atoms with E-state index in [1.165, 1.54) is 24.9 Å². The van der Waals surface area contributed by atoms with Crippen LogP contribution in [0.5, 0.6) is 5.75 Å². The van der Waals surface area contributed by atoms with Gasteiger partial charge in [-0.1, -0.05) is 0 Å². The highest BCUT2D eigenvalue weighted by Crippen LogP contribution is 2.30. The molecule has 1 saturated heterocycles. The molecule has 3 heterocycles. The van der Waals surface area contributed by atoms with Gasteiger partial charge in [-0.25, -0.2) is 4.98 Å². The van der Waals surface area contributed by atoms with E-state index in [0.717, 1.165) is 35.7 Å². The van der Waals surface area contributed by atoms with Crippen molar-refractivity contribution in [2.45, 2.75) is 19.3 Å². The minimum atomic E-state index is 0.675. The van der Waals surface area contributed by atoms with E-state index in [9.17, 15) is 0 Å². The molecule has 0 radical (unpaired) electrons. The Bertz CT molecular complexity index is 848. The Kier molecular flexibility index (Phi) is 3.76. The predicted octanol–water partition coefficient (Wildman–Crippen LogP) is 3.58. The van der Waals surface area contributed by atoms with E-state index in [2.05, 4.69) is 17.2 Å². The van der Waals surface area contributed by atoms with Crippen LogP contribution in [-0.2, 0) is 0 Å². The molecule has 3 aromatic rings. The van der Waals surface area contributed by atoms with E-state index < -0.39 is 0 Å². The van der Waals surface area contributed by atoms with Crippen LogP contribution in [0.25, 0.3) is 16.9 Å². The Hall–Kier alpha value is -2.69. The number of imidazole rings is 1. The number of methoxy groups -OCH3 is 1. The number of fused-ring (bicyclic) bond motifs is 1. The van der Waals surface area contributed by atoms with Crippen molar-refractivity contribution in [1.29, 1.82) is 0 Å². The smallest absolute Gasteiger partial charge is 0.139 e. The third kappa shape index (κ3) is 2.56. The third-order valence-electron chi connectivity index (χ3n) is 4.72. The van der Waals surface area contributed by atoms with Crippen LogP contribution in [0.3, 0.4) is 0 Å². The summed E-state index contributed by atoms with van der Waals surface area (Å²) in [5.41, 5.74) is 10.3. The second kappa shape index (κ2) is 6.07. The summed E-state index contributed by atoms with van der Waals surface area (Å²) in [6.07, 6.45) is 5.95. The normalized spacial score (nSPS) is 15.0. The number of nitrogen functional groups attached to an aromatic ring is 1. The fourth-order valence-corrected chi connectivity index (χ4v) is 3.35. The quantitative estimate of drug-likeness (QED) is 0.801. The molecule has 5 nitrogen and oxygen atoms in total. The highest BCUT2D eigenvalue weighted by Gasteiger charge is 2.15. The number of benzene rings is 1. The zero-order valence-electron chi connectivity index (χ0n) is 13.9. The second-order valence-corrected chi connectivity index (χ2v) is 6.24. The summed E-state index contributed by atoms with van der Waals surface area (Å²) in [6, 6.07) is 12.0. The molecule has 0 atom stereocenters. The van der Waals surface area contributed by atoms with Gasteiger partial charge < -0.3 is 15.4 Å². The van der Waals surface area contributed by atoms with E-state index in [4.69, 9.17) is 15.5 Å². The van der Waals surface area contributed by atoms with Crippen molar-refractivity contribution in [3.05, 3.63) is 42.6 Å². The molecule has 0 spiro atoms. The van der Waals surface area contributed by atoms with Gasteiger partial charge in [0.1, 0.15) is 22.9 Å². The van der Waals surface area contributed by atoms with Crippen LogP contribution in [0, 0.1) is 0 Å². The molecule has 0 saturated carbocycles. The number of pyridine rings is 1. The van der Waals surface area contributed by atoms with Crippen LogP contribution in [0.1, 0.15) is 19.3 Å². The van der Waals surface area contributed by atoms with Crippen molar-refractivity contribution in [2.75, 3.05) is 30.8 Å². The van der Waals surface area contributed by atoms with Crippen molar-refractivity contribution in [2.24, 2.45) is 0 Å². The van der Waals surface area contributed by atoms with Gasteiger partial charge in [0.15, 0.2) is 0 Å². The highest BCUT2D eigenvalue weighted by molar-refractivity contribution is 5.76. The van der Waals surface area contributed by atoms with Crippen LogP contribution < -0.4 is 15.4 Å². The van der Waals surface area contributed by atoms with Crippen LogP contribution in [0.4, 0.5) is 11.5 Å². The summed E-state index contributed by atoms with van der Waals surface area (Å²) in [5.74, 6) is 1.50. The highest BCUT2D eigenvalue weighted by atomic mass is 16.5. The molecule has 5 heteroatoms. The van der Waals surface area contributed by atoms with Crippen molar-refractivity contribution in [3.63, 3.8) is 0 Å². The molecule has 24 heavy (non-hydrogen) atoms. The molecular formula is C19H22N4O. The van der Waals surface area contributed by atoms with Crippen molar-refractivity contribution in [3.8, 4) is 17.0 Å². The van der Waals surface area contributed by atoms with E-state index in [0.29, 0.717) is 5.82 Å². The lowest BCUT2D eigenvalue weighted by molar-refractivity contribution is 0.415. The maximum atomic E-state index is 6.39. The predicted molar refractivity (Wildman–Crippen MR) is 97.7 cm³/mol. The van der Waals surface area contributed by atoms with Gasteiger partial charge in [-0.2, -0.15) is 0 Å². The fraction of sp³-hybridized carbons (Fsp3) is 0.316. The summed E-state index contributed by atoms with van der Waals surface area (Å²) in [5, 5.41) is 0. The van der Waals surface area contributed by atoms with Gasteiger partial charge >= 0.3 is 0 Å². The molecule has 2 aromatic heterocycles. The second-order valence-electron chi connectivity index (χ2n) is 6.24. The Morgan fingerprint density at radius 3 is 2.46 bits per heavy atom. The van der Waals surface area contributed by atoms with Gasteiger partial charge in [-0.3, -0.25) is 4.40 Å². The minimum Gasteiger partial charge on any atom is -0.497 e. The van der Waals surface area contributed by atoms with E-state index in [1.807, 2.05) is 34.7 Å². The van der Waals surface area contributed by atoms with Crippen molar-refractivity contribution in [1.82, 2.24) is 9.38 Å². The number of piperidine rings is 1. The maximum absolute atomic E-state index is 6.39. The molecule has 2 N–H and O–H groups in total. The molecule has 4 rings (SSSR count). The minimum absolute atomic E-state index is 0.675. The summed E-state index contributed by atoms with van der Waals surface area (Å²) >= 11 is 0. The Labute approximate surface area is 141 Å². The SMILES string of the molecule is COc1ccc(-c2nc3ccc(N4CCCCC4)cn3c2N)cc1. The zero-order valence-corrected chi connectivity index (χ0v) is 13.9. The van der Waals surface area contributed by atoms with E-state index in [-0.39, 0.29) is 0 Å². The average Bonchev–Trinajstić information content (AvgIpc) is 2.99. The summed E-state index contributed by atoms with van der Waals surface area (Å²) in [7, 11) is 1.66.